The molecule has 21 heavy (non-hydrogen) atoms. The highest BCUT2D eigenvalue weighted by molar-refractivity contribution is 7.89. The third-order valence-electron chi connectivity index (χ3n) is 2.94. The lowest BCUT2D eigenvalue weighted by molar-refractivity contribution is 0.470. The maximum atomic E-state index is 12.7. The lowest BCUT2D eigenvalue weighted by Gasteiger charge is -2.16. The molecule has 0 fully saturated rings. The van der Waals surface area contributed by atoms with Gasteiger partial charge in [-0.15, -0.1) is 11.3 Å². The summed E-state index contributed by atoms with van der Waals surface area (Å²) in [5, 5.41) is 0. The number of benzene rings is 1. The van der Waals surface area contributed by atoms with Crippen molar-refractivity contribution in [2.75, 3.05) is 7.05 Å². The number of aromatic nitrogens is 2. The van der Waals surface area contributed by atoms with Crippen molar-refractivity contribution in [2.24, 2.45) is 0 Å². The van der Waals surface area contributed by atoms with Gasteiger partial charge in [-0.05, 0) is 24.3 Å². The molecule has 3 aromatic rings. The monoisotopic (exact) mass is 359 g/mol. The molecule has 2 heterocycles. The number of sulfonamides is 1. The predicted molar refractivity (Wildman–Crippen MR) is 85.4 cm³/mol. The third-order valence-corrected chi connectivity index (χ3v) is 6.54. The van der Waals surface area contributed by atoms with Crippen molar-refractivity contribution in [1.29, 1.82) is 0 Å². The Labute approximate surface area is 135 Å². The Morgan fingerprint density at radius 2 is 2.05 bits per heavy atom. The average Bonchev–Trinajstić information content (AvgIpc) is 3.06. The molecule has 0 bridgehead atoms. The Morgan fingerprint density at radius 1 is 1.24 bits per heavy atom. The maximum absolute atomic E-state index is 12.7. The van der Waals surface area contributed by atoms with Crippen molar-refractivity contribution in [1.82, 2.24) is 13.1 Å². The van der Waals surface area contributed by atoms with E-state index in [0.717, 1.165) is 16.6 Å². The van der Waals surface area contributed by atoms with Gasteiger partial charge in [-0.3, -0.25) is 0 Å². The van der Waals surface area contributed by atoms with Gasteiger partial charge in [0.25, 0.3) is 0 Å². The summed E-state index contributed by atoms with van der Waals surface area (Å²) in [6.45, 7) is 0.272. The molecular formula is C12H10ClN3O2S3. The minimum Gasteiger partial charge on any atom is -0.207 e. The predicted octanol–water partition coefficient (Wildman–Crippen LogP) is 3.23. The largest absolute Gasteiger partial charge is 0.245 e. The van der Waals surface area contributed by atoms with E-state index in [4.69, 9.17) is 11.6 Å². The van der Waals surface area contributed by atoms with Crippen LogP contribution in [-0.4, -0.2) is 28.5 Å². The fraction of sp³-hybridized carbons (Fsp3) is 0.167. The van der Waals surface area contributed by atoms with Crippen LogP contribution >= 0.6 is 34.7 Å². The molecule has 0 atom stereocenters. The van der Waals surface area contributed by atoms with Crippen LogP contribution in [0.2, 0.25) is 4.34 Å². The molecule has 0 aliphatic rings. The molecule has 0 N–H and O–H groups in total. The second-order valence-corrected chi connectivity index (χ2v) is 8.70. The van der Waals surface area contributed by atoms with E-state index in [-0.39, 0.29) is 11.4 Å². The topological polar surface area (TPSA) is 63.2 Å². The number of nitrogens with zero attached hydrogens (tertiary/aromatic N) is 3. The van der Waals surface area contributed by atoms with Crippen LogP contribution in [0.4, 0.5) is 0 Å². The number of fused-ring (bicyclic) bond motifs is 1. The molecule has 110 valence electrons. The van der Waals surface area contributed by atoms with Gasteiger partial charge < -0.3 is 0 Å². The molecular weight excluding hydrogens is 350 g/mol. The first kappa shape index (κ1) is 14.9. The van der Waals surface area contributed by atoms with Crippen LogP contribution in [0.15, 0.2) is 35.2 Å². The van der Waals surface area contributed by atoms with Gasteiger partial charge in [-0.25, -0.2) is 8.42 Å². The highest BCUT2D eigenvalue weighted by atomic mass is 35.5. The van der Waals surface area contributed by atoms with Crippen LogP contribution in [-0.2, 0) is 16.6 Å². The van der Waals surface area contributed by atoms with Gasteiger partial charge in [0.2, 0.25) is 10.0 Å². The first-order chi connectivity index (χ1) is 9.98. The first-order valence-electron chi connectivity index (χ1n) is 5.90. The van der Waals surface area contributed by atoms with Gasteiger partial charge in [0.15, 0.2) is 0 Å². The fourth-order valence-electron chi connectivity index (χ4n) is 1.90. The van der Waals surface area contributed by atoms with Gasteiger partial charge in [0, 0.05) is 18.5 Å². The molecule has 0 aliphatic carbocycles. The maximum Gasteiger partial charge on any atom is 0.245 e. The number of halogens is 1. The van der Waals surface area contributed by atoms with Crippen molar-refractivity contribution in [2.45, 2.75) is 11.4 Å². The molecule has 3 rings (SSSR count). The third kappa shape index (κ3) is 2.82. The molecule has 0 spiro atoms. The number of rotatable bonds is 4. The minimum absolute atomic E-state index is 0.180. The molecule has 0 saturated carbocycles. The molecule has 1 aromatic carbocycles. The number of hydrogen-bond donors (Lipinski definition) is 0. The quantitative estimate of drug-likeness (QED) is 0.717. The molecule has 0 amide bonds. The fourth-order valence-corrected chi connectivity index (χ4v) is 5.02. The molecule has 2 aromatic heterocycles. The smallest absolute Gasteiger partial charge is 0.207 e. The summed E-state index contributed by atoms with van der Waals surface area (Å²) in [6, 6.07) is 8.55. The SMILES string of the molecule is CN(Cc1ccc(Cl)s1)S(=O)(=O)c1cccc2nsnc12. The van der Waals surface area contributed by atoms with E-state index < -0.39 is 10.0 Å². The van der Waals surface area contributed by atoms with Gasteiger partial charge in [-0.2, -0.15) is 13.1 Å². The van der Waals surface area contributed by atoms with Crippen molar-refractivity contribution >= 4 is 55.7 Å². The highest BCUT2D eigenvalue weighted by Crippen LogP contribution is 2.27. The van der Waals surface area contributed by atoms with E-state index in [0.29, 0.717) is 15.4 Å². The van der Waals surface area contributed by atoms with E-state index in [2.05, 4.69) is 8.75 Å². The Kier molecular flexibility index (Phi) is 3.98. The zero-order valence-corrected chi connectivity index (χ0v) is 14.1. The summed E-state index contributed by atoms with van der Waals surface area (Å²) in [5.74, 6) is 0. The number of hydrogen-bond acceptors (Lipinski definition) is 6. The summed E-state index contributed by atoms with van der Waals surface area (Å²) < 4.78 is 35.5. The summed E-state index contributed by atoms with van der Waals surface area (Å²) in [7, 11) is -2.08. The molecule has 0 radical (unpaired) electrons. The van der Waals surface area contributed by atoms with Crippen LogP contribution in [0.25, 0.3) is 11.0 Å². The Balaban J connectivity index is 1.98. The molecule has 0 aliphatic heterocycles. The first-order valence-corrected chi connectivity index (χ1v) is 9.27. The zero-order chi connectivity index (χ0) is 15.0. The van der Waals surface area contributed by atoms with E-state index in [1.165, 1.54) is 15.6 Å². The minimum atomic E-state index is -3.62. The summed E-state index contributed by atoms with van der Waals surface area (Å²) in [4.78, 5) is 1.06. The van der Waals surface area contributed by atoms with Crippen molar-refractivity contribution < 1.29 is 8.42 Å². The van der Waals surface area contributed by atoms with Gasteiger partial charge >= 0.3 is 0 Å². The molecule has 5 nitrogen and oxygen atoms in total. The van der Waals surface area contributed by atoms with Crippen molar-refractivity contribution in [3.63, 3.8) is 0 Å². The average molecular weight is 360 g/mol. The van der Waals surface area contributed by atoms with Gasteiger partial charge in [-0.1, -0.05) is 17.7 Å². The lowest BCUT2D eigenvalue weighted by atomic mass is 10.3. The Hall–Kier alpha value is -1.06. The summed E-state index contributed by atoms with van der Waals surface area (Å²) in [5.41, 5.74) is 1.01. The van der Waals surface area contributed by atoms with Crippen molar-refractivity contribution in [3.05, 3.63) is 39.5 Å². The Bertz CT molecular complexity index is 888. The van der Waals surface area contributed by atoms with Crippen LogP contribution in [0.5, 0.6) is 0 Å². The van der Waals surface area contributed by atoms with E-state index in [1.54, 1.807) is 31.3 Å². The van der Waals surface area contributed by atoms with Crippen LogP contribution in [0.3, 0.4) is 0 Å². The normalized spacial score (nSPS) is 12.3. The standard InChI is InChI=1S/C12H10ClN3O2S3/c1-16(7-8-5-6-11(13)19-8)21(17,18)10-4-2-3-9-12(10)15-20-14-9/h2-6H,7H2,1H3. The van der Waals surface area contributed by atoms with E-state index in [1.807, 2.05) is 6.07 Å². The summed E-state index contributed by atoms with van der Waals surface area (Å²) >= 11 is 8.24. The molecule has 9 heteroatoms. The Morgan fingerprint density at radius 3 is 2.76 bits per heavy atom. The molecule has 0 unspecified atom stereocenters. The highest BCUT2D eigenvalue weighted by Gasteiger charge is 2.25. The van der Waals surface area contributed by atoms with Crippen LogP contribution < -0.4 is 0 Å². The van der Waals surface area contributed by atoms with Gasteiger partial charge in [0.1, 0.15) is 15.9 Å². The van der Waals surface area contributed by atoms with Crippen molar-refractivity contribution in [3.8, 4) is 0 Å². The van der Waals surface area contributed by atoms with Crippen LogP contribution in [0.1, 0.15) is 4.88 Å². The molecule has 0 saturated heterocycles. The second-order valence-electron chi connectivity index (χ2n) is 4.36. The van der Waals surface area contributed by atoms with Gasteiger partial charge in [0.05, 0.1) is 16.1 Å². The van der Waals surface area contributed by atoms with E-state index >= 15 is 0 Å². The summed E-state index contributed by atoms with van der Waals surface area (Å²) in [6.07, 6.45) is 0. The second kappa shape index (κ2) is 5.62. The zero-order valence-electron chi connectivity index (χ0n) is 10.9. The van der Waals surface area contributed by atoms with Crippen LogP contribution in [0, 0.1) is 0 Å². The van der Waals surface area contributed by atoms with E-state index in [9.17, 15) is 8.42 Å². The number of thiophene rings is 1. The lowest BCUT2D eigenvalue weighted by Crippen LogP contribution is -2.26.